The van der Waals surface area contributed by atoms with Gasteiger partial charge < -0.3 is 10.2 Å². The molecule has 1 aromatic carbocycles. The summed E-state index contributed by atoms with van der Waals surface area (Å²) in [5, 5.41) is 3.70. The van der Waals surface area contributed by atoms with Crippen LogP contribution in [0.1, 0.15) is 57.1 Å². The Kier molecular flexibility index (Phi) is 6.55. The maximum atomic E-state index is 3.70. The molecular formula is C18H30N2. The predicted molar refractivity (Wildman–Crippen MR) is 87.0 cm³/mol. The van der Waals surface area contributed by atoms with Crippen LogP contribution in [0.15, 0.2) is 30.3 Å². The smallest absolute Gasteiger partial charge is 0.0332 e. The number of rotatable bonds is 8. The molecule has 0 amide bonds. The molecule has 2 nitrogen and oxygen atoms in total. The first-order valence-corrected chi connectivity index (χ1v) is 8.30. The van der Waals surface area contributed by atoms with Gasteiger partial charge in [0.25, 0.3) is 0 Å². The molecule has 0 aliphatic heterocycles. The van der Waals surface area contributed by atoms with Gasteiger partial charge in [0.15, 0.2) is 0 Å². The summed E-state index contributed by atoms with van der Waals surface area (Å²) in [6.45, 7) is 4.54. The fourth-order valence-electron chi connectivity index (χ4n) is 3.25. The van der Waals surface area contributed by atoms with E-state index in [4.69, 9.17) is 0 Å². The van der Waals surface area contributed by atoms with Crippen LogP contribution in [0.25, 0.3) is 0 Å². The molecule has 0 saturated heterocycles. The SMILES string of the molecule is CCCNC(CCN(C)C1CCCC1)c1ccccc1. The first-order chi connectivity index (χ1) is 9.81. The Hall–Kier alpha value is -0.860. The average Bonchev–Trinajstić information content (AvgIpc) is 3.02. The molecule has 1 aromatic rings. The molecule has 1 fully saturated rings. The summed E-state index contributed by atoms with van der Waals surface area (Å²) in [5.74, 6) is 0. The second-order valence-electron chi connectivity index (χ2n) is 6.12. The summed E-state index contributed by atoms with van der Waals surface area (Å²) >= 11 is 0. The van der Waals surface area contributed by atoms with Gasteiger partial charge in [0.05, 0.1) is 0 Å². The Morgan fingerprint density at radius 2 is 1.90 bits per heavy atom. The summed E-state index contributed by atoms with van der Waals surface area (Å²) in [6, 6.07) is 12.2. The molecule has 0 aromatic heterocycles. The standard InChI is InChI=1S/C18H30N2/c1-3-14-19-18(16-9-5-4-6-10-16)13-15-20(2)17-11-7-8-12-17/h4-6,9-10,17-19H,3,7-8,11-15H2,1-2H3. The lowest BCUT2D eigenvalue weighted by molar-refractivity contribution is 0.231. The van der Waals surface area contributed by atoms with Gasteiger partial charge in [-0.25, -0.2) is 0 Å². The van der Waals surface area contributed by atoms with Crippen LogP contribution >= 0.6 is 0 Å². The maximum absolute atomic E-state index is 3.70. The van der Waals surface area contributed by atoms with Gasteiger partial charge in [0.2, 0.25) is 0 Å². The fraction of sp³-hybridized carbons (Fsp3) is 0.667. The molecule has 1 aliphatic carbocycles. The van der Waals surface area contributed by atoms with E-state index in [1.54, 1.807) is 0 Å². The average molecular weight is 274 g/mol. The largest absolute Gasteiger partial charge is 0.310 e. The molecular weight excluding hydrogens is 244 g/mol. The predicted octanol–water partition coefficient (Wildman–Crippen LogP) is 3.99. The highest BCUT2D eigenvalue weighted by molar-refractivity contribution is 5.18. The normalized spacial score (nSPS) is 17.8. The van der Waals surface area contributed by atoms with Crippen LogP contribution in [-0.4, -0.2) is 31.1 Å². The van der Waals surface area contributed by atoms with E-state index in [1.165, 1.54) is 50.6 Å². The van der Waals surface area contributed by atoms with Crippen molar-refractivity contribution >= 4 is 0 Å². The number of hydrogen-bond donors (Lipinski definition) is 1. The van der Waals surface area contributed by atoms with E-state index in [0.717, 1.165) is 12.6 Å². The van der Waals surface area contributed by atoms with Gasteiger partial charge in [-0.2, -0.15) is 0 Å². The quantitative estimate of drug-likeness (QED) is 0.771. The van der Waals surface area contributed by atoms with E-state index >= 15 is 0 Å². The van der Waals surface area contributed by atoms with Crippen LogP contribution in [0.5, 0.6) is 0 Å². The molecule has 0 heterocycles. The van der Waals surface area contributed by atoms with Crippen molar-refractivity contribution in [1.82, 2.24) is 10.2 Å². The zero-order chi connectivity index (χ0) is 14.2. The molecule has 1 saturated carbocycles. The molecule has 2 heteroatoms. The first-order valence-electron chi connectivity index (χ1n) is 8.30. The Labute approximate surface area is 124 Å². The van der Waals surface area contributed by atoms with Crippen molar-refractivity contribution in [2.24, 2.45) is 0 Å². The molecule has 1 unspecified atom stereocenters. The Balaban J connectivity index is 1.87. The van der Waals surface area contributed by atoms with Gasteiger partial charge in [-0.1, -0.05) is 50.1 Å². The summed E-state index contributed by atoms with van der Waals surface area (Å²) < 4.78 is 0. The number of nitrogens with one attached hydrogen (secondary N) is 1. The Morgan fingerprint density at radius 3 is 2.55 bits per heavy atom. The summed E-state index contributed by atoms with van der Waals surface area (Å²) in [5.41, 5.74) is 1.43. The van der Waals surface area contributed by atoms with Crippen molar-refractivity contribution in [3.8, 4) is 0 Å². The van der Waals surface area contributed by atoms with Gasteiger partial charge in [0, 0.05) is 12.1 Å². The molecule has 0 radical (unpaired) electrons. The van der Waals surface area contributed by atoms with Crippen molar-refractivity contribution in [2.45, 2.75) is 57.5 Å². The highest BCUT2D eigenvalue weighted by Crippen LogP contribution is 2.24. The van der Waals surface area contributed by atoms with Crippen LogP contribution < -0.4 is 5.32 Å². The van der Waals surface area contributed by atoms with Crippen LogP contribution in [0.2, 0.25) is 0 Å². The molecule has 1 aliphatic rings. The monoisotopic (exact) mass is 274 g/mol. The minimum atomic E-state index is 0.500. The van der Waals surface area contributed by atoms with Crippen molar-refractivity contribution in [3.63, 3.8) is 0 Å². The lowest BCUT2D eigenvalue weighted by atomic mass is 10.0. The molecule has 1 N–H and O–H groups in total. The van der Waals surface area contributed by atoms with Crippen LogP contribution in [0.3, 0.4) is 0 Å². The highest BCUT2D eigenvalue weighted by Gasteiger charge is 2.20. The minimum Gasteiger partial charge on any atom is -0.310 e. The van der Waals surface area contributed by atoms with E-state index in [1.807, 2.05) is 0 Å². The Morgan fingerprint density at radius 1 is 1.20 bits per heavy atom. The van der Waals surface area contributed by atoms with E-state index in [9.17, 15) is 0 Å². The van der Waals surface area contributed by atoms with Crippen molar-refractivity contribution in [1.29, 1.82) is 0 Å². The topological polar surface area (TPSA) is 15.3 Å². The van der Waals surface area contributed by atoms with Crippen molar-refractivity contribution < 1.29 is 0 Å². The molecule has 2 rings (SSSR count). The molecule has 0 spiro atoms. The van der Waals surface area contributed by atoms with E-state index in [-0.39, 0.29) is 0 Å². The molecule has 0 bridgehead atoms. The van der Waals surface area contributed by atoms with E-state index < -0.39 is 0 Å². The summed E-state index contributed by atoms with van der Waals surface area (Å²) in [7, 11) is 2.30. The lowest BCUT2D eigenvalue weighted by Gasteiger charge is -2.27. The molecule has 1 atom stereocenters. The third kappa shape index (κ3) is 4.60. The summed E-state index contributed by atoms with van der Waals surface area (Å²) in [4.78, 5) is 2.58. The van der Waals surface area contributed by atoms with Gasteiger partial charge >= 0.3 is 0 Å². The third-order valence-electron chi connectivity index (χ3n) is 4.56. The third-order valence-corrected chi connectivity index (χ3v) is 4.56. The van der Waals surface area contributed by atoms with Crippen molar-refractivity contribution in [3.05, 3.63) is 35.9 Å². The maximum Gasteiger partial charge on any atom is 0.0332 e. The minimum absolute atomic E-state index is 0.500. The van der Waals surface area contributed by atoms with Crippen molar-refractivity contribution in [2.75, 3.05) is 20.1 Å². The van der Waals surface area contributed by atoms with E-state index in [0.29, 0.717) is 6.04 Å². The molecule has 112 valence electrons. The van der Waals surface area contributed by atoms with Gasteiger partial charge in [-0.15, -0.1) is 0 Å². The number of hydrogen-bond acceptors (Lipinski definition) is 2. The van der Waals surface area contributed by atoms with Gasteiger partial charge in [-0.05, 0) is 51.4 Å². The second-order valence-corrected chi connectivity index (χ2v) is 6.12. The molecule has 20 heavy (non-hydrogen) atoms. The fourth-order valence-corrected chi connectivity index (χ4v) is 3.25. The van der Waals surface area contributed by atoms with Gasteiger partial charge in [-0.3, -0.25) is 0 Å². The van der Waals surface area contributed by atoms with E-state index in [2.05, 4.69) is 54.5 Å². The lowest BCUT2D eigenvalue weighted by Crippen LogP contribution is -2.33. The summed E-state index contributed by atoms with van der Waals surface area (Å²) in [6.07, 6.45) is 8.04. The Bertz CT molecular complexity index is 357. The number of benzene rings is 1. The first kappa shape index (κ1) is 15.5. The van der Waals surface area contributed by atoms with Crippen LogP contribution in [0.4, 0.5) is 0 Å². The van der Waals surface area contributed by atoms with Gasteiger partial charge in [0.1, 0.15) is 0 Å². The zero-order valence-electron chi connectivity index (χ0n) is 13.1. The zero-order valence-corrected chi connectivity index (χ0v) is 13.1. The van der Waals surface area contributed by atoms with Crippen LogP contribution in [-0.2, 0) is 0 Å². The van der Waals surface area contributed by atoms with Crippen LogP contribution in [0, 0.1) is 0 Å². The number of nitrogens with zero attached hydrogens (tertiary/aromatic N) is 1. The second kappa shape index (κ2) is 8.43. The highest BCUT2D eigenvalue weighted by atomic mass is 15.1.